The van der Waals surface area contributed by atoms with E-state index in [2.05, 4.69) is 10.3 Å². The lowest BCUT2D eigenvalue weighted by Gasteiger charge is -2.10. The van der Waals surface area contributed by atoms with Crippen LogP contribution < -0.4 is 20.3 Å². The van der Waals surface area contributed by atoms with Crippen molar-refractivity contribution < 1.29 is 14.3 Å². The predicted molar refractivity (Wildman–Crippen MR) is 100 cm³/mol. The number of methoxy groups -OCH3 is 2. The Morgan fingerprint density at radius 2 is 1.81 bits per heavy atom. The number of aromatic nitrogens is 1. The second kappa shape index (κ2) is 7.74. The van der Waals surface area contributed by atoms with Crippen LogP contribution in [0.25, 0.3) is 10.9 Å². The SMILES string of the molecule is COc1ccc(C(=O)NCCc2cc3ccccc3[nH]c2=O)cc1OC. The standard InChI is InChI=1S/C20H20N2O4/c1-25-17-8-7-14(12-18(17)26-2)19(23)21-10-9-15-11-13-5-3-4-6-16(13)22-20(15)24/h3-8,11-12H,9-10H2,1-2H3,(H,21,23)(H,22,24). The van der Waals surface area contributed by atoms with Gasteiger partial charge >= 0.3 is 0 Å². The monoisotopic (exact) mass is 352 g/mol. The van der Waals surface area contributed by atoms with Gasteiger partial charge in [-0.05, 0) is 42.1 Å². The molecule has 0 spiro atoms. The average Bonchev–Trinajstić information content (AvgIpc) is 2.67. The highest BCUT2D eigenvalue weighted by atomic mass is 16.5. The molecule has 26 heavy (non-hydrogen) atoms. The summed E-state index contributed by atoms with van der Waals surface area (Å²) in [5, 5.41) is 3.79. The van der Waals surface area contributed by atoms with Crippen molar-refractivity contribution in [1.29, 1.82) is 0 Å². The van der Waals surface area contributed by atoms with E-state index in [4.69, 9.17) is 9.47 Å². The first kappa shape index (κ1) is 17.5. The number of benzene rings is 2. The minimum Gasteiger partial charge on any atom is -0.493 e. The zero-order chi connectivity index (χ0) is 18.5. The van der Waals surface area contributed by atoms with Crippen LogP contribution in [0.2, 0.25) is 0 Å². The number of carbonyl (C=O) groups excluding carboxylic acids is 1. The highest BCUT2D eigenvalue weighted by Gasteiger charge is 2.11. The van der Waals surface area contributed by atoms with Crippen LogP contribution in [-0.2, 0) is 6.42 Å². The van der Waals surface area contributed by atoms with Crippen molar-refractivity contribution in [1.82, 2.24) is 10.3 Å². The lowest BCUT2D eigenvalue weighted by molar-refractivity contribution is 0.0953. The largest absolute Gasteiger partial charge is 0.493 e. The summed E-state index contributed by atoms with van der Waals surface area (Å²) in [7, 11) is 3.06. The maximum atomic E-state index is 12.3. The number of H-pyrrole nitrogens is 1. The van der Waals surface area contributed by atoms with Gasteiger partial charge in [-0.2, -0.15) is 0 Å². The Kier molecular flexibility index (Phi) is 5.22. The molecule has 1 heterocycles. The van der Waals surface area contributed by atoms with E-state index in [1.807, 2.05) is 30.3 Å². The van der Waals surface area contributed by atoms with Crippen molar-refractivity contribution >= 4 is 16.8 Å². The van der Waals surface area contributed by atoms with Gasteiger partial charge in [-0.1, -0.05) is 18.2 Å². The molecule has 0 radical (unpaired) electrons. The zero-order valence-corrected chi connectivity index (χ0v) is 14.7. The average molecular weight is 352 g/mol. The van der Waals surface area contributed by atoms with E-state index in [1.54, 1.807) is 25.3 Å². The Labute approximate surface area is 150 Å². The van der Waals surface area contributed by atoms with Crippen molar-refractivity contribution in [3.63, 3.8) is 0 Å². The van der Waals surface area contributed by atoms with Gasteiger partial charge in [0, 0.05) is 23.2 Å². The smallest absolute Gasteiger partial charge is 0.251 e. The summed E-state index contributed by atoms with van der Waals surface area (Å²) in [6.45, 7) is 0.356. The van der Waals surface area contributed by atoms with Crippen LogP contribution in [0.1, 0.15) is 15.9 Å². The number of aromatic amines is 1. The second-order valence-electron chi connectivity index (χ2n) is 5.79. The molecule has 0 fully saturated rings. The lowest BCUT2D eigenvalue weighted by Crippen LogP contribution is -2.27. The van der Waals surface area contributed by atoms with Gasteiger partial charge in [-0.3, -0.25) is 9.59 Å². The zero-order valence-electron chi connectivity index (χ0n) is 14.7. The maximum absolute atomic E-state index is 12.3. The second-order valence-corrected chi connectivity index (χ2v) is 5.79. The molecular weight excluding hydrogens is 332 g/mol. The number of ether oxygens (including phenoxy) is 2. The number of pyridine rings is 1. The molecule has 2 N–H and O–H groups in total. The number of hydrogen-bond donors (Lipinski definition) is 2. The molecule has 0 unspecified atom stereocenters. The summed E-state index contributed by atoms with van der Waals surface area (Å²) in [5.74, 6) is 0.820. The van der Waals surface area contributed by atoms with Crippen molar-refractivity contribution in [3.8, 4) is 11.5 Å². The summed E-state index contributed by atoms with van der Waals surface area (Å²) in [5.41, 5.74) is 1.77. The van der Waals surface area contributed by atoms with Crippen LogP contribution >= 0.6 is 0 Å². The Bertz CT molecular complexity index is 995. The predicted octanol–water partition coefficient (Wildman–Crippen LogP) is 2.52. The fourth-order valence-corrected chi connectivity index (χ4v) is 2.77. The van der Waals surface area contributed by atoms with Crippen molar-refractivity contribution in [2.24, 2.45) is 0 Å². The molecule has 6 nitrogen and oxygen atoms in total. The topological polar surface area (TPSA) is 80.4 Å². The fourth-order valence-electron chi connectivity index (χ4n) is 2.77. The van der Waals surface area contributed by atoms with Gasteiger partial charge in [0.25, 0.3) is 11.5 Å². The molecule has 134 valence electrons. The van der Waals surface area contributed by atoms with Crippen molar-refractivity contribution in [3.05, 3.63) is 70.0 Å². The van der Waals surface area contributed by atoms with Crippen LogP contribution in [0.4, 0.5) is 0 Å². The molecule has 0 aliphatic rings. The molecule has 0 saturated carbocycles. The molecule has 0 bridgehead atoms. The molecule has 1 amide bonds. The van der Waals surface area contributed by atoms with E-state index in [0.717, 1.165) is 10.9 Å². The molecule has 0 aliphatic carbocycles. The van der Waals surface area contributed by atoms with E-state index in [-0.39, 0.29) is 11.5 Å². The van der Waals surface area contributed by atoms with Crippen molar-refractivity contribution in [2.75, 3.05) is 20.8 Å². The van der Waals surface area contributed by atoms with Crippen LogP contribution in [-0.4, -0.2) is 31.7 Å². The van der Waals surface area contributed by atoms with Crippen LogP contribution in [0.15, 0.2) is 53.3 Å². The molecule has 0 aliphatic heterocycles. The van der Waals surface area contributed by atoms with Gasteiger partial charge in [-0.15, -0.1) is 0 Å². The molecule has 6 heteroatoms. The minimum atomic E-state index is -0.233. The quantitative estimate of drug-likeness (QED) is 0.714. The molecule has 3 rings (SSSR count). The lowest BCUT2D eigenvalue weighted by atomic mass is 10.1. The third-order valence-electron chi connectivity index (χ3n) is 4.16. The van der Waals surface area contributed by atoms with Gasteiger partial charge in [0.1, 0.15) is 0 Å². The number of fused-ring (bicyclic) bond motifs is 1. The highest BCUT2D eigenvalue weighted by molar-refractivity contribution is 5.94. The third-order valence-corrected chi connectivity index (χ3v) is 4.16. The summed E-state index contributed by atoms with van der Waals surface area (Å²) < 4.78 is 10.4. The number of para-hydroxylation sites is 1. The Morgan fingerprint density at radius 1 is 1.04 bits per heavy atom. The van der Waals surface area contributed by atoms with Gasteiger partial charge in [0.05, 0.1) is 14.2 Å². The molecule has 2 aromatic carbocycles. The first-order valence-electron chi connectivity index (χ1n) is 8.23. The maximum Gasteiger partial charge on any atom is 0.251 e. The van der Waals surface area contributed by atoms with Gasteiger partial charge in [0.2, 0.25) is 0 Å². The highest BCUT2D eigenvalue weighted by Crippen LogP contribution is 2.27. The fraction of sp³-hybridized carbons (Fsp3) is 0.200. The summed E-state index contributed by atoms with van der Waals surface area (Å²) in [6, 6.07) is 14.4. The van der Waals surface area contributed by atoms with Gasteiger partial charge < -0.3 is 19.8 Å². The van der Waals surface area contributed by atoms with E-state index in [9.17, 15) is 9.59 Å². The minimum absolute atomic E-state index is 0.135. The van der Waals surface area contributed by atoms with Gasteiger partial charge in [-0.25, -0.2) is 0 Å². The van der Waals surface area contributed by atoms with Gasteiger partial charge in [0.15, 0.2) is 11.5 Å². The summed E-state index contributed by atoms with van der Waals surface area (Å²) in [4.78, 5) is 27.3. The van der Waals surface area contributed by atoms with E-state index in [1.165, 1.54) is 7.11 Å². The molecule has 0 saturated heterocycles. The Morgan fingerprint density at radius 3 is 2.58 bits per heavy atom. The number of rotatable bonds is 6. The van der Waals surface area contributed by atoms with E-state index in [0.29, 0.717) is 35.6 Å². The van der Waals surface area contributed by atoms with Crippen LogP contribution in [0, 0.1) is 0 Å². The van der Waals surface area contributed by atoms with Crippen molar-refractivity contribution in [2.45, 2.75) is 6.42 Å². The normalized spacial score (nSPS) is 10.5. The van der Waals surface area contributed by atoms with Crippen LogP contribution in [0.5, 0.6) is 11.5 Å². The molecular formula is C20H20N2O4. The third kappa shape index (κ3) is 3.69. The Hall–Kier alpha value is -3.28. The summed E-state index contributed by atoms with van der Waals surface area (Å²) >= 11 is 0. The number of amides is 1. The first-order valence-corrected chi connectivity index (χ1v) is 8.23. The Balaban J connectivity index is 1.67. The first-order chi connectivity index (χ1) is 12.6. The number of hydrogen-bond acceptors (Lipinski definition) is 4. The number of nitrogens with one attached hydrogen (secondary N) is 2. The molecule has 3 aromatic rings. The number of carbonyl (C=O) groups is 1. The summed E-state index contributed by atoms with van der Waals surface area (Å²) in [6.07, 6.45) is 0.444. The molecule has 1 aromatic heterocycles. The molecule has 0 atom stereocenters. The van der Waals surface area contributed by atoms with E-state index < -0.39 is 0 Å². The van der Waals surface area contributed by atoms with Crippen LogP contribution in [0.3, 0.4) is 0 Å². The van der Waals surface area contributed by atoms with E-state index >= 15 is 0 Å².